The molecular formula is C14H10BrClFNO2. The molecule has 2 aromatic rings. The third kappa shape index (κ3) is 3.29. The molecule has 0 heterocycles. The number of ether oxygens (including phenoxy) is 1. The molecule has 0 saturated heterocycles. The van der Waals surface area contributed by atoms with Gasteiger partial charge in [0.1, 0.15) is 18.0 Å². The normalized spacial score (nSPS) is 10.3. The van der Waals surface area contributed by atoms with Crippen LogP contribution in [-0.2, 0) is 11.3 Å². The highest BCUT2D eigenvalue weighted by Gasteiger charge is 2.16. The number of anilines is 1. The lowest BCUT2D eigenvalue weighted by atomic mass is 10.2. The number of rotatable bonds is 3. The van der Waals surface area contributed by atoms with Gasteiger partial charge in [0.2, 0.25) is 0 Å². The summed E-state index contributed by atoms with van der Waals surface area (Å²) in [7, 11) is 0. The molecule has 0 unspecified atom stereocenters. The molecule has 0 aliphatic rings. The monoisotopic (exact) mass is 357 g/mol. The first-order chi connectivity index (χ1) is 9.49. The number of halogens is 3. The maximum atomic E-state index is 13.1. The Hall–Kier alpha value is -1.59. The van der Waals surface area contributed by atoms with E-state index in [1.165, 1.54) is 12.1 Å². The zero-order valence-electron chi connectivity index (χ0n) is 10.2. The van der Waals surface area contributed by atoms with Crippen LogP contribution >= 0.6 is 27.5 Å². The molecule has 0 fully saturated rings. The van der Waals surface area contributed by atoms with E-state index in [-0.39, 0.29) is 22.9 Å². The van der Waals surface area contributed by atoms with Gasteiger partial charge in [-0.05, 0) is 30.3 Å². The molecule has 0 saturated carbocycles. The molecule has 0 spiro atoms. The Balaban J connectivity index is 2.15. The molecule has 6 heteroatoms. The van der Waals surface area contributed by atoms with Gasteiger partial charge < -0.3 is 10.5 Å². The van der Waals surface area contributed by atoms with Crippen LogP contribution in [0.15, 0.2) is 40.9 Å². The van der Waals surface area contributed by atoms with E-state index in [2.05, 4.69) is 15.9 Å². The third-order valence-electron chi connectivity index (χ3n) is 2.62. The molecule has 0 aliphatic heterocycles. The Morgan fingerprint density at radius 1 is 1.35 bits per heavy atom. The summed E-state index contributed by atoms with van der Waals surface area (Å²) in [4.78, 5) is 12.0. The lowest BCUT2D eigenvalue weighted by Crippen LogP contribution is -2.09. The standard InChI is InChI=1S/C14H10BrClFNO2/c15-10-5-4-9(17)6-8(10)7-20-14(19)13-11(16)2-1-3-12(13)18/h1-6H,7,18H2. The third-order valence-corrected chi connectivity index (χ3v) is 3.71. The van der Waals surface area contributed by atoms with Crippen molar-refractivity contribution in [3.8, 4) is 0 Å². The first kappa shape index (κ1) is 14.8. The van der Waals surface area contributed by atoms with Gasteiger partial charge in [0.25, 0.3) is 0 Å². The van der Waals surface area contributed by atoms with Crippen LogP contribution in [0.1, 0.15) is 15.9 Å². The van der Waals surface area contributed by atoms with E-state index in [1.807, 2.05) is 0 Å². The second-order valence-corrected chi connectivity index (χ2v) is 5.28. The van der Waals surface area contributed by atoms with Crippen LogP contribution in [-0.4, -0.2) is 5.97 Å². The molecule has 2 rings (SSSR count). The molecule has 2 aromatic carbocycles. The van der Waals surface area contributed by atoms with Gasteiger partial charge in [-0.2, -0.15) is 0 Å². The summed E-state index contributed by atoms with van der Waals surface area (Å²) in [5.74, 6) is -1.05. The minimum atomic E-state index is -0.649. The first-order valence-corrected chi connectivity index (χ1v) is 6.81. The summed E-state index contributed by atoms with van der Waals surface area (Å²) in [6.45, 7) is -0.0815. The smallest absolute Gasteiger partial charge is 0.342 e. The summed E-state index contributed by atoms with van der Waals surface area (Å²) in [5.41, 5.74) is 6.56. The van der Waals surface area contributed by atoms with Crippen LogP contribution in [0, 0.1) is 5.82 Å². The number of nitrogen functional groups attached to an aromatic ring is 1. The summed E-state index contributed by atoms with van der Waals surface area (Å²) in [6, 6.07) is 8.88. The average Bonchev–Trinajstić information content (AvgIpc) is 2.39. The van der Waals surface area contributed by atoms with E-state index in [1.54, 1.807) is 24.3 Å². The van der Waals surface area contributed by atoms with Crippen LogP contribution < -0.4 is 5.73 Å². The van der Waals surface area contributed by atoms with Crippen molar-refractivity contribution < 1.29 is 13.9 Å². The fraction of sp³-hybridized carbons (Fsp3) is 0.0714. The number of carbonyl (C=O) groups is 1. The number of carbonyl (C=O) groups excluding carboxylic acids is 1. The highest BCUT2D eigenvalue weighted by Crippen LogP contribution is 2.24. The van der Waals surface area contributed by atoms with Gasteiger partial charge >= 0.3 is 5.97 Å². The summed E-state index contributed by atoms with van der Waals surface area (Å²) in [5, 5.41) is 0.216. The van der Waals surface area contributed by atoms with Crippen molar-refractivity contribution in [2.75, 3.05) is 5.73 Å². The largest absolute Gasteiger partial charge is 0.457 e. The molecule has 3 nitrogen and oxygen atoms in total. The number of benzene rings is 2. The van der Waals surface area contributed by atoms with Crippen molar-refractivity contribution >= 4 is 39.2 Å². The molecular weight excluding hydrogens is 349 g/mol. The quantitative estimate of drug-likeness (QED) is 0.661. The maximum absolute atomic E-state index is 13.1. The highest BCUT2D eigenvalue weighted by molar-refractivity contribution is 9.10. The van der Waals surface area contributed by atoms with Crippen molar-refractivity contribution in [2.24, 2.45) is 0 Å². The van der Waals surface area contributed by atoms with Crippen molar-refractivity contribution in [3.63, 3.8) is 0 Å². The Bertz CT molecular complexity index is 643. The Kier molecular flexibility index (Phi) is 4.62. The lowest BCUT2D eigenvalue weighted by molar-refractivity contribution is 0.0473. The van der Waals surface area contributed by atoms with Gasteiger partial charge in [-0.15, -0.1) is 0 Å². The van der Waals surface area contributed by atoms with E-state index >= 15 is 0 Å². The van der Waals surface area contributed by atoms with Gasteiger partial charge in [-0.3, -0.25) is 0 Å². The van der Waals surface area contributed by atoms with Gasteiger partial charge in [0.05, 0.1) is 5.02 Å². The fourth-order valence-corrected chi connectivity index (χ4v) is 2.25. The molecule has 0 atom stereocenters. The Morgan fingerprint density at radius 3 is 2.80 bits per heavy atom. The summed E-state index contributed by atoms with van der Waals surface area (Å²) < 4.78 is 18.9. The SMILES string of the molecule is Nc1cccc(Cl)c1C(=O)OCc1cc(F)ccc1Br. The van der Waals surface area contributed by atoms with Gasteiger partial charge in [-0.1, -0.05) is 33.6 Å². The number of esters is 1. The van der Waals surface area contributed by atoms with Crippen LogP contribution in [0.5, 0.6) is 0 Å². The Labute approximate surface area is 128 Å². The molecule has 0 bridgehead atoms. The molecule has 20 heavy (non-hydrogen) atoms. The predicted molar refractivity (Wildman–Crippen MR) is 79.1 cm³/mol. The maximum Gasteiger partial charge on any atom is 0.342 e. The number of hydrogen-bond acceptors (Lipinski definition) is 3. The van der Waals surface area contributed by atoms with E-state index in [0.717, 1.165) is 0 Å². The van der Waals surface area contributed by atoms with E-state index in [0.29, 0.717) is 10.0 Å². The molecule has 0 radical (unpaired) electrons. The predicted octanol–water partition coefficient (Wildman–Crippen LogP) is 4.18. The molecule has 0 aromatic heterocycles. The molecule has 0 aliphatic carbocycles. The Morgan fingerprint density at radius 2 is 2.10 bits per heavy atom. The van der Waals surface area contributed by atoms with E-state index in [4.69, 9.17) is 22.1 Å². The minimum absolute atomic E-state index is 0.0815. The zero-order valence-corrected chi connectivity index (χ0v) is 12.5. The second-order valence-electron chi connectivity index (χ2n) is 4.02. The summed E-state index contributed by atoms with van der Waals surface area (Å²) >= 11 is 9.17. The second kappa shape index (κ2) is 6.24. The topological polar surface area (TPSA) is 52.3 Å². The van der Waals surface area contributed by atoms with Crippen molar-refractivity contribution in [1.29, 1.82) is 0 Å². The zero-order chi connectivity index (χ0) is 14.7. The van der Waals surface area contributed by atoms with Gasteiger partial charge in [0.15, 0.2) is 0 Å². The number of hydrogen-bond donors (Lipinski definition) is 1. The molecule has 0 amide bonds. The summed E-state index contributed by atoms with van der Waals surface area (Å²) in [6.07, 6.45) is 0. The lowest BCUT2D eigenvalue weighted by Gasteiger charge is -2.09. The van der Waals surface area contributed by atoms with Gasteiger partial charge in [0, 0.05) is 15.7 Å². The van der Waals surface area contributed by atoms with Crippen LogP contribution in [0.4, 0.5) is 10.1 Å². The fourth-order valence-electron chi connectivity index (χ4n) is 1.63. The van der Waals surface area contributed by atoms with E-state index < -0.39 is 11.8 Å². The van der Waals surface area contributed by atoms with Crippen molar-refractivity contribution in [2.45, 2.75) is 6.61 Å². The minimum Gasteiger partial charge on any atom is -0.457 e. The number of nitrogens with two attached hydrogens (primary N) is 1. The van der Waals surface area contributed by atoms with E-state index in [9.17, 15) is 9.18 Å². The van der Waals surface area contributed by atoms with Crippen LogP contribution in [0.3, 0.4) is 0 Å². The molecule has 2 N–H and O–H groups in total. The van der Waals surface area contributed by atoms with Gasteiger partial charge in [-0.25, -0.2) is 9.18 Å². The highest BCUT2D eigenvalue weighted by atomic mass is 79.9. The average molecular weight is 359 g/mol. The van der Waals surface area contributed by atoms with Crippen LogP contribution in [0.2, 0.25) is 5.02 Å². The molecule has 104 valence electrons. The van der Waals surface area contributed by atoms with Crippen molar-refractivity contribution in [1.82, 2.24) is 0 Å². The first-order valence-electron chi connectivity index (χ1n) is 5.64. The van der Waals surface area contributed by atoms with Crippen molar-refractivity contribution in [3.05, 3.63) is 62.8 Å². The van der Waals surface area contributed by atoms with Crippen LogP contribution in [0.25, 0.3) is 0 Å².